The molecule has 2 aromatic carbocycles. The van der Waals surface area contributed by atoms with Crippen molar-refractivity contribution in [1.29, 1.82) is 0 Å². The van der Waals surface area contributed by atoms with Crippen molar-refractivity contribution in [2.24, 2.45) is 0 Å². The molecule has 3 rings (SSSR count). The number of nitrogens with zero attached hydrogens (tertiary/aromatic N) is 3. The molecular weight excluding hydrogens is 319 g/mol. The van der Waals surface area contributed by atoms with Gasteiger partial charge in [-0.2, -0.15) is 0 Å². The van der Waals surface area contributed by atoms with E-state index in [1.165, 1.54) is 18.5 Å². The minimum absolute atomic E-state index is 0.0121. The molecule has 1 amide bonds. The molecule has 1 N–H and O–H groups in total. The van der Waals surface area contributed by atoms with E-state index in [-0.39, 0.29) is 16.5 Å². The summed E-state index contributed by atoms with van der Waals surface area (Å²) < 4.78 is 15.3. The lowest BCUT2D eigenvalue weighted by Gasteiger charge is -2.05. The van der Waals surface area contributed by atoms with Gasteiger partial charge in [-0.25, -0.2) is 14.1 Å². The minimum Gasteiger partial charge on any atom is -0.317 e. The average Bonchev–Trinajstić information content (AvgIpc) is 3.01. The lowest BCUT2D eigenvalue weighted by atomic mass is 10.2. The molecule has 0 aliphatic rings. The fourth-order valence-electron chi connectivity index (χ4n) is 2.02. The zero-order valence-corrected chi connectivity index (χ0v) is 12.7. The predicted octanol–water partition coefficient (Wildman–Crippen LogP) is 3.37. The van der Waals surface area contributed by atoms with Crippen molar-refractivity contribution in [3.63, 3.8) is 0 Å². The maximum absolute atomic E-state index is 13.8. The van der Waals surface area contributed by atoms with Gasteiger partial charge in [0.1, 0.15) is 6.33 Å². The number of hydrogen-bond donors (Lipinski definition) is 1. The smallest absolute Gasteiger partial charge is 0.295 e. The molecule has 0 spiro atoms. The third-order valence-corrected chi connectivity index (χ3v) is 3.42. The van der Waals surface area contributed by atoms with Gasteiger partial charge in [-0.05, 0) is 17.7 Å². The van der Waals surface area contributed by atoms with Crippen molar-refractivity contribution < 1.29 is 9.18 Å². The van der Waals surface area contributed by atoms with E-state index in [2.05, 4.69) is 15.4 Å². The monoisotopic (exact) mass is 330 g/mol. The van der Waals surface area contributed by atoms with Gasteiger partial charge in [-0.3, -0.25) is 4.79 Å². The first-order valence-electron chi connectivity index (χ1n) is 6.82. The van der Waals surface area contributed by atoms with Gasteiger partial charge < -0.3 is 5.32 Å². The maximum atomic E-state index is 13.8. The number of rotatable bonds is 4. The van der Waals surface area contributed by atoms with Crippen molar-refractivity contribution in [3.05, 3.63) is 77.1 Å². The second-order valence-electron chi connectivity index (χ2n) is 4.81. The van der Waals surface area contributed by atoms with Gasteiger partial charge in [0.15, 0.2) is 5.82 Å². The molecule has 116 valence electrons. The third-order valence-electron chi connectivity index (χ3n) is 3.13. The summed E-state index contributed by atoms with van der Waals surface area (Å²) in [5, 5.41) is 6.44. The number of halogens is 2. The van der Waals surface area contributed by atoms with E-state index in [0.717, 1.165) is 5.56 Å². The summed E-state index contributed by atoms with van der Waals surface area (Å²) in [6, 6.07) is 14.0. The summed E-state index contributed by atoms with van der Waals surface area (Å²) in [5.74, 6) is -1.33. The van der Waals surface area contributed by atoms with E-state index in [4.69, 9.17) is 11.6 Å². The van der Waals surface area contributed by atoms with Crippen LogP contribution in [0.3, 0.4) is 0 Å². The fourth-order valence-corrected chi connectivity index (χ4v) is 2.20. The Kier molecular flexibility index (Phi) is 4.34. The Balaban J connectivity index is 1.72. The number of hydrogen-bond acceptors (Lipinski definition) is 3. The van der Waals surface area contributed by atoms with Crippen LogP contribution in [0.1, 0.15) is 16.2 Å². The molecule has 0 saturated heterocycles. The van der Waals surface area contributed by atoms with Crippen LogP contribution in [0, 0.1) is 5.82 Å². The Hall–Kier alpha value is -2.73. The number of aromatic nitrogens is 3. The highest BCUT2D eigenvalue weighted by Gasteiger charge is 2.15. The van der Waals surface area contributed by atoms with Crippen molar-refractivity contribution in [2.75, 3.05) is 5.32 Å². The van der Waals surface area contributed by atoms with Crippen LogP contribution in [-0.4, -0.2) is 20.7 Å². The van der Waals surface area contributed by atoms with E-state index in [1.54, 1.807) is 10.7 Å². The van der Waals surface area contributed by atoms with E-state index >= 15 is 0 Å². The summed E-state index contributed by atoms with van der Waals surface area (Å²) in [5.41, 5.74) is 1.02. The zero-order chi connectivity index (χ0) is 16.2. The first-order chi connectivity index (χ1) is 11.1. The molecule has 5 nitrogen and oxygen atoms in total. The van der Waals surface area contributed by atoms with Gasteiger partial charge in [0, 0.05) is 0 Å². The minimum atomic E-state index is -0.689. The molecule has 0 radical (unpaired) electrons. The summed E-state index contributed by atoms with van der Waals surface area (Å²) in [6.45, 7) is 0.493. The largest absolute Gasteiger partial charge is 0.317 e. The standard InChI is InChI=1S/C16H12ClFN4O/c17-12-7-4-8-13(14(12)18)20-16(23)15-19-10-22(21-15)9-11-5-2-1-3-6-11/h1-8,10H,9H2,(H,20,23). The molecular formula is C16H12ClFN4O. The van der Waals surface area contributed by atoms with Crippen molar-refractivity contribution in [3.8, 4) is 0 Å². The van der Waals surface area contributed by atoms with Crippen LogP contribution >= 0.6 is 11.6 Å². The van der Waals surface area contributed by atoms with E-state index < -0.39 is 11.7 Å². The number of amides is 1. The highest BCUT2D eigenvalue weighted by molar-refractivity contribution is 6.31. The Morgan fingerprint density at radius 2 is 1.96 bits per heavy atom. The Morgan fingerprint density at radius 1 is 1.17 bits per heavy atom. The topological polar surface area (TPSA) is 59.8 Å². The first-order valence-corrected chi connectivity index (χ1v) is 7.20. The quantitative estimate of drug-likeness (QED) is 0.798. The second kappa shape index (κ2) is 6.58. The Morgan fingerprint density at radius 3 is 2.74 bits per heavy atom. The van der Waals surface area contributed by atoms with Gasteiger partial charge in [0.25, 0.3) is 5.91 Å². The SMILES string of the molecule is O=C(Nc1cccc(Cl)c1F)c1ncn(Cc2ccccc2)n1. The van der Waals surface area contributed by atoms with Crippen LogP contribution in [0.5, 0.6) is 0 Å². The highest BCUT2D eigenvalue weighted by atomic mass is 35.5. The number of benzene rings is 2. The van der Waals surface area contributed by atoms with Crippen molar-refractivity contribution >= 4 is 23.2 Å². The van der Waals surface area contributed by atoms with Crippen LogP contribution in [0.15, 0.2) is 54.9 Å². The lowest BCUT2D eigenvalue weighted by Crippen LogP contribution is -2.15. The molecule has 0 unspecified atom stereocenters. The first kappa shape index (κ1) is 15.2. The maximum Gasteiger partial charge on any atom is 0.295 e. The van der Waals surface area contributed by atoms with Gasteiger partial charge >= 0.3 is 0 Å². The Labute approximate surface area is 136 Å². The molecule has 0 bridgehead atoms. The number of carbonyl (C=O) groups excluding carboxylic acids is 1. The van der Waals surface area contributed by atoms with Gasteiger partial charge in [-0.1, -0.05) is 48.0 Å². The normalized spacial score (nSPS) is 10.5. The van der Waals surface area contributed by atoms with Crippen LogP contribution in [0.2, 0.25) is 5.02 Å². The highest BCUT2D eigenvalue weighted by Crippen LogP contribution is 2.22. The second-order valence-corrected chi connectivity index (χ2v) is 5.21. The molecule has 0 aliphatic carbocycles. The molecule has 1 aromatic heterocycles. The number of anilines is 1. The summed E-state index contributed by atoms with van der Waals surface area (Å²) in [6.07, 6.45) is 1.45. The van der Waals surface area contributed by atoms with Gasteiger partial charge in [0.2, 0.25) is 5.82 Å². The van der Waals surface area contributed by atoms with Gasteiger partial charge in [-0.15, -0.1) is 5.10 Å². The Bertz CT molecular complexity index is 835. The molecule has 0 aliphatic heterocycles. The fraction of sp³-hybridized carbons (Fsp3) is 0.0625. The van der Waals surface area contributed by atoms with E-state index in [0.29, 0.717) is 6.54 Å². The van der Waals surface area contributed by atoms with E-state index in [1.807, 2.05) is 30.3 Å². The lowest BCUT2D eigenvalue weighted by molar-refractivity contribution is 0.101. The number of carbonyl (C=O) groups is 1. The van der Waals surface area contributed by atoms with Crippen molar-refractivity contribution in [2.45, 2.75) is 6.54 Å². The molecule has 0 fully saturated rings. The molecule has 3 aromatic rings. The number of nitrogens with one attached hydrogen (secondary N) is 1. The van der Waals surface area contributed by atoms with Crippen molar-refractivity contribution in [1.82, 2.24) is 14.8 Å². The molecule has 1 heterocycles. The third kappa shape index (κ3) is 3.54. The predicted molar refractivity (Wildman–Crippen MR) is 84.9 cm³/mol. The van der Waals surface area contributed by atoms with Crippen LogP contribution in [0.4, 0.5) is 10.1 Å². The molecule has 23 heavy (non-hydrogen) atoms. The van der Waals surface area contributed by atoms with Crippen LogP contribution in [-0.2, 0) is 6.54 Å². The zero-order valence-electron chi connectivity index (χ0n) is 11.9. The summed E-state index contributed by atoms with van der Waals surface area (Å²) >= 11 is 5.68. The van der Waals surface area contributed by atoms with Crippen LogP contribution in [0.25, 0.3) is 0 Å². The summed E-state index contributed by atoms with van der Waals surface area (Å²) in [4.78, 5) is 16.0. The molecule has 0 saturated carbocycles. The molecule has 7 heteroatoms. The van der Waals surface area contributed by atoms with E-state index in [9.17, 15) is 9.18 Å². The average molecular weight is 331 g/mol. The van der Waals surface area contributed by atoms with Crippen LogP contribution < -0.4 is 5.32 Å². The molecule has 0 atom stereocenters. The summed E-state index contributed by atoms with van der Waals surface area (Å²) in [7, 11) is 0. The van der Waals surface area contributed by atoms with Gasteiger partial charge in [0.05, 0.1) is 17.3 Å².